The van der Waals surface area contributed by atoms with E-state index in [4.69, 9.17) is 0 Å². The third-order valence-corrected chi connectivity index (χ3v) is 4.46. The minimum absolute atomic E-state index is 0.105. The highest BCUT2D eigenvalue weighted by atomic mass is 32.2. The molecule has 3 aromatic rings. The van der Waals surface area contributed by atoms with Gasteiger partial charge in [-0.15, -0.1) is 11.8 Å². The third-order valence-electron chi connectivity index (χ3n) is 3.41. The lowest BCUT2D eigenvalue weighted by Gasteiger charge is -2.03. The highest BCUT2D eigenvalue weighted by Gasteiger charge is 2.05. The topological polar surface area (TPSA) is 41.5 Å². The van der Waals surface area contributed by atoms with Crippen molar-refractivity contribution >= 4 is 34.7 Å². The summed E-state index contributed by atoms with van der Waals surface area (Å²) in [5.41, 5.74) is 3.40. The Morgan fingerprint density at radius 3 is 2.67 bits per heavy atom. The molecule has 0 saturated heterocycles. The van der Waals surface area contributed by atoms with Gasteiger partial charge in [0.25, 0.3) is 0 Å². The number of hydrogen-bond acceptors (Lipinski definition) is 3. The Morgan fingerprint density at radius 1 is 1.04 bits per heavy atom. The lowest BCUT2D eigenvalue weighted by atomic mass is 10.1. The Balaban J connectivity index is 1.59. The molecule has 0 aliphatic carbocycles. The van der Waals surface area contributed by atoms with Gasteiger partial charge in [-0.05, 0) is 22.9 Å². The normalized spacial score (nSPS) is 11.0. The van der Waals surface area contributed by atoms with Crippen molar-refractivity contribution in [1.82, 2.24) is 5.43 Å². The van der Waals surface area contributed by atoms with Crippen molar-refractivity contribution in [2.75, 3.05) is 5.75 Å². The quantitative estimate of drug-likeness (QED) is 0.430. The van der Waals surface area contributed by atoms with Crippen molar-refractivity contribution in [3.63, 3.8) is 0 Å². The van der Waals surface area contributed by atoms with Gasteiger partial charge in [-0.3, -0.25) is 4.79 Å². The molecule has 3 aromatic carbocycles. The molecule has 0 spiro atoms. The van der Waals surface area contributed by atoms with Crippen LogP contribution in [0, 0.1) is 5.82 Å². The Bertz CT molecular complexity index is 890. The smallest absolute Gasteiger partial charge is 0.250 e. The summed E-state index contributed by atoms with van der Waals surface area (Å²) in [6.07, 6.45) is 1.62. The van der Waals surface area contributed by atoms with Gasteiger partial charge >= 0.3 is 0 Å². The van der Waals surface area contributed by atoms with Gasteiger partial charge in [0.1, 0.15) is 5.82 Å². The number of nitrogens with one attached hydrogen (secondary N) is 1. The maximum Gasteiger partial charge on any atom is 0.250 e. The van der Waals surface area contributed by atoms with Crippen molar-refractivity contribution in [3.8, 4) is 0 Å². The van der Waals surface area contributed by atoms with Gasteiger partial charge in [-0.1, -0.05) is 54.6 Å². The number of nitrogens with zero attached hydrogens (tertiary/aromatic N) is 1. The lowest BCUT2D eigenvalue weighted by Crippen LogP contribution is -2.19. The monoisotopic (exact) mass is 338 g/mol. The maximum absolute atomic E-state index is 13.5. The molecule has 5 heteroatoms. The van der Waals surface area contributed by atoms with Gasteiger partial charge in [0, 0.05) is 10.5 Å². The van der Waals surface area contributed by atoms with E-state index in [1.807, 2.05) is 42.5 Å². The number of carbonyl (C=O) groups is 1. The third kappa shape index (κ3) is 4.00. The fourth-order valence-electron chi connectivity index (χ4n) is 2.27. The van der Waals surface area contributed by atoms with E-state index >= 15 is 0 Å². The summed E-state index contributed by atoms with van der Waals surface area (Å²) in [7, 11) is 0. The molecule has 1 amide bonds. The average molecular weight is 338 g/mol. The summed E-state index contributed by atoms with van der Waals surface area (Å²) in [4.78, 5) is 12.3. The summed E-state index contributed by atoms with van der Waals surface area (Å²) < 4.78 is 13.5. The second-order valence-corrected chi connectivity index (χ2v) is 6.10. The van der Waals surface area contributed by atoms with Crippen molar-refractivity contribution in [2.24, 2.45) is 5.10 Å². The lowest BCUT2D eigenvalue weighted by molar-refractivity contribution is -0.118. The summed E-state index contributed by atoms with van der Waals surface area (Å²) in [6.45, 7) is 0. The van der Waals surface area contributed by atoms with Crippen LogP contribution in [0.1, 0.15) is 5.56 Å². The second-order valence-electron chi connectivity index (χ2n) is 5.08. The Kier molecular flexibility index (Phi) is 5.23. The van der Waals surface area contributed by atoms with Gasteiger partial charge in [-0.25, -0.2) is 9.82 Å². The summed E-state index contributed by atoms with van der Waals surface area (Å²) >= 11 is 1.14. The van der Waals surface area contributed by atoms with E-state index < -0.39 is 0 Å². The first-order valence-electron chi connectivity index (χ1n) is 7.41. The molecule has 0 fully saturated rings. The molecular formula is C19H15FN2OS. The first-order chi connectivity index (χ1) is 11.7. The largest absolute Gasteiger partial charge is 0.272 e. The number of fused-ring (bicyclic) bond motifs is 1. The van der Waals surface area contributed by atoms with Crippen molar-refractivity contribution in [3.05, 3.63) is 78.1 Å². The van der Waals surface area contributed by atoms with E-state index in [0.717, 1.165) is 28.1 Å². The zero-order valence-corrected chi connectivity index (χ0v) is 13.6. The van der Waals surface area contributed by atoms with Gasteiger partial charge in [0.05, 0.1) is 12.0 Å². The van der Waals surface area contributed by atoms with Crippen LogP contribution in [-0.4, -0.2) is 17.9 Å². The molecule has 1 N–H and O–H groups in total. The zero-order valence-electron chi connectivity index (χ0n) is 12.8. The molecular weight excluding hydrogens is 323 g/mol. The highest BCUT2D eigenvalue weighted by molar-refractivity contribution is 8.00. The van der Waals surface area contributed by atoms with Crippen molar-refractivity contribution < 1.29 is 9.18 Å². The van der Waals surface area contributed by atoms with Gasteiger partial charge in [0.15, 0.2) is 0 Å². The number of rotatable bonds is 5. The van der Waals surface area contributed by atoms with E-state index in [1.54, 1.807) is 24.4 Å². The molecule has 0 unspecified atom stereocenters. The van der Waals surface area contributed by atoms with Crippen LogP contribution in [0.2, 0.25) is 0 Å². The van der Waals surface area contributed by atoms with E-state index in [0.29, 0.717) is 4.90 Å². The first-order valence-corrected chi connectivity index (χ1v) is 8.39. The van der Waals surface area contributed by atoms with Crippen LogP contribution in [0.5, 0.6) is 0 Å². The van der Waals surface area contributed by atoms with Crippen LogP contribution in [0.25, 0.3) is 10.8 Å². The zero-order chi connectivity index (χ0) is 16.8. The minimum atomic E-state index is -0.324. The van der Waals surface area contributed by atoms with Gasteiger partial charge in [0.2, 0.25) is 5.91 Å². The fourth-order valence-corrected chi connectivity index (χ4v) is 3.01. The molecule has 3 rings (SSSR count). The van der Waals surface area contributed by atoms with Crippen LogP contribution in [-0.2, 0) is 4.79 Å². The number of halogens is 1. The Morgan fingerprint density at radius 2 is 1.79 bits per heavy atom. The molecule has 0 aliphatic heterocycles. The number of benzene rings is 3. The summed E-state index contributed by atoms with van der Waals surface area (Å²) in [5.74, 6) is -0.498. The number of thioether (sulfide) groups is 1. The summed E-state index contributed by atoms with van der Waals surface area (Å²) in [6, 6.07) is 20.3. The van der Waals surface area contributed by atoms with Crippen molar-refractivity contribution in [1.29, 1.82) is 0 Å². The van der Waals surface area contributed by atoms with Crippen LogP contribution < -0.4 is 5.43 Å². The molecule has 24 heavy (non-hydrogen) atoms. The number of hydrogen-bond donors (Lipinski definition) is 1. The van der Waals surface area contributed by atoms with E-state index in [9.17, 15) is 9.18 Å². The maximum atomic E-state index is 13.5. The van der Waals surface area contributed by atoms with Crippen LogP contribution in [0.15, 0.2) is 76.7 Å². The SMILES string of the molecule is O=C(CSc1ccccc1F)N/N=C\c1cccc2ccccc12. The Hall–Kier alpha value is -2.66. The molecule has 0 aliphatic rings. The Labute approximate surface area is 143 Å². The van der Waals surface area contributed by atoms with E-state index in [2.05, 4.69) is 10.5 Å². The second kappa shape index (κ2) is 7.75. The van der Waals surface area contributed by atoms with Crippen LogP contribution in [0.3, 0.4) is 0 Å². The molecule has 0 saturated carbocycles. The predicted octanol–water partition coefficient (Wildman–Crippen LogP) is 4.22. The molecule has 0 atom stereocenters. The molecule has 120 valence electrons. The molecule has 0 radical (unpaired) electrons. The van der Waals surface area contributed by atoms with Gasteiger partial charge < -0.3 is 0 Å². The molecule has 0 bridgehead atoms. The number of amides is 1. The average Bonchev–Trinajstić information content (AvgIpc) is 2.61. The van der Waals surface area contributed by atoms with Crippen molar-refractivity contribution in [2.45, 2.75) is 4.90 Å². The predicted molar refractivity (Wildman–Crippen MR) is 96.8 cm³/mol. The number of hydrazone groups is 1. The first kappa shape index (κ1) is 16.2. The molecule has 3 nitrogen and oxygen atoms in total. The van der Waals surface area contributed by atoms with Crippen LogP contribution >= 0.6 is 11.8 Å². The van der Waals surface area contributed by atoms with Crippen LogP contribution in [0.4, 0.5) is 4.39 Å². The minimum Gasteiger partial charge on any atom is -0.272 e. The molecule has 0 aromatic heterocycles. The number of carbonyl (C=O) groups excluding carboxylic acids is 1. The van der Waals surface area contributed by atoms with E-state index in [1.165, 1.54) is 6.07 Å². The fraction of sp³-hybridized carbons (Fsp3) is 0.0526. The molecule has 0 heterocycles. The van der Waals surface area contributed by atoms with Gasteiger partial charge in [-0.2, -0.15) is 5.10 Å². The summed E-state index contributed by atoms with van der Waals surface area (Å²) in [5, 5.41) is 6.18. The highest BCUT2D eigenvalue weighted by Crippen LogP contribution is 2.20. The standard InChI is InChI=1S/C19H15FN2OS/c20-17-10-3-4-11-18(17)24-13-19(23)22-21-12-15-8-5-7-14-6-1-2-9-16(14)15/h1-12H,13H2,(H,22,23)/b21-12-. The van der Waals surface area contributed by atoms with E-state index in [-0.39, 0.29) is 17.5 Å².